The first kappa shape index (κ1) is 22.8. The van der Waals surface area contributed by atoms with E-state index in [4.69, 9.17) is 0 Å². The normalized spacial score (nSPS) is 17.7. The Balaban J connectivity index is 1.42. The second kappa shape index (κ2) is 9.32. The zero-order valence-corrected chi connectivity index (χ0v) is 21.1. The summed E-state index contributed by atoms with van der Waals surface area (Å²) in [5, 5.41) is 8.49. The molecular formula is C23H27N5O2S3. The van der Waals surface area contributed by atoms with Crippen LogP contribution in [0.4, 0.5) is 0 Å². The van der Waals surface area contributed by atoms with Gasteiger partial charge in [-0.2, -0.15) is 4.37 Å². The minimum Gasteiger partial charge on any atom is -0.357 e. The fourth-order valence-corrected chi connectivity index (χ4v) is 7.20. The molecule has 0 bridgehead atoms. The maximum atomic E-state index is 14.0. The molecule has 33 heavy (non-hydrogen) atoms. The maximum absolute atomic E-state index is 14.0. The lowest BCUT2D eigenvalue weighted by atomic mass is 9.85. The zero-order valence-electron chi connectivity index (χ0n) is 18.7. The molecule has 0 radical (unpaired) electrons. The van der Waals surface area contributed by atoms with E-state index in [1.54, 1.807) is 0 Å². The van der Waals surface area contributed by atoms with Crippen molar-refractivity contribution in [3.63, 3.8) is 0 Å². The molecule has 10 heteroatoms. The fraction of sp³-hybridized carbons (Fsp3) is 0.435. The molecular weight excluding hydrogens is 474 g/mol. The summed E-state index contributed by atoms with van der Waals surface area (Å²) < 4.78 is 5.32. The van der Waals surface area contributed by atoms with Crippen molar-refractivity contribution in [2.45, 2.75) is 40.6 Å². The lowest BCUT2D eigenvalue weighted by molar-refractivity contribution is -0.140. The third kappa shape index (κ3) is 4.07. The molecule has 5 rings (SSSR count). The van der Waals surface area contributed by atoms with Crippen molar-refractivity contribution in [2.75, 3.05) is 32.1 Å². The van der Waals surface area contributed by atoms with Gasteiger partial charge < -0.3 is 20.5 Å². The number of fused-ring (bicyclic) bond motifs is 3. The first-order chi connectivity index (χ1) is 16.1. The summed E-state index contributed by atoms with van der Waals surface area (Å²) in [4.78, 5) is 32.9. The van der Waals surface area contributed by atoms with Gasteiger partial charge in [0.05, 0.1) is 16.3 Å². The van der Waals surface area contributed by atoms with Gasteiger partial charge >= 0.3 is 0 Å². The predicted molar refractivity (Wildman–Crippen MR) is 135 cm³/mol. The number of rotatable bonds is 5. The van der Waals surface area contributed by atoms with Gasteiger partial charge in [0.25, 0.3) is 5.91 Å². The molecule has 0 atom stereocenters. The molecule has 2 aliphatic rings. The van der Waals surface area contributed by atoms with Crippen molar-refractivity contribution < 1.29 is 9.59 Å². The van der Waals surface area contributed by atoms with Crippen LogP contribution in [-0.2, 0) is 17.8 Å². The van der Waals surface area contributed by atoms with Gasteiger partial charge in [-0.15, -0.1) is 23.5 Å². The highest BCUT2D eigenvalue weighted by Gasteiger charge is 2.45. The van der Waals surface area contributed by atoms with Crippen molar-refractivity contribution in [1.29, 1.82) is 0 Å². The second-order valence-corrected chi connectivity index (χ2v) is 11.1. The summed E-state index contributed by atoms with van der Waals surface area (Å²) >= 11 is 4.33. The van der Waals surface area contributed by atoms with Gasteiger partial charge in [0.2, 0.25) is 5.91 Å². The average molecular weight is 502 g/mol. The molecule has 1 aromatic carbocycles. The lowest BCUT2D eigenvalue weighted by Crippen LogP contribution is -2.64. The van der Waals surface area contributed by atoms with Gasteiger partial charge in [-0.1, -0.05) is 18.2 Å². The van der Waals surface area contributed by atoms with Crippen molar-refractivity contribution in [1.82, 2.24) is 24.9 Å². The molecule has 1 fully saturated rings. The van der Waals surface area contributed by atoms with Crippen LogP contribution in [0, 0.1) is 0 Å². The number of carbonyl (C=O) groups is 2. The Labute approximate surface area is 205 Å². The molecule has 0 saturated carbocycles. The van der Waals surface area contributed by atoms with E-state index in [0.717, 1.165) is 26.9 Å². The molecule has 0 aliphatic carbocycles. The monoisotopic (exact) mass is 501 g/mol. The summed E-state index contributed by atoms with van der Waals surface area (Å²) in [6.07, 6.45) is 5.84. The molecule has 1 saturated heterocycles. The van der Waals surface area contributed by atoms with Crippen LogP contribution in [0.1, 0.15) is 34.5 Å². The number of hydrogen-bond acceptors (Lipinski definition) is 7. The number of amides is 2. The lowest BCUT2D eigenvalue weighted by Gasteiger charge is -2.41. The van der Waals surface area contributed by atoms with Crippen LogP contribution < -0.4 is 10.6 Å². The van der Waals surface area contributed by atoms with E-state index < -0.39 is 5.54 Å². The van der Waals surface area contributed by atoms with Gasteiger partial charge in [0.1, 0.15) is 10.6 Å². The molecule has 0 unspecified atom stereocenters. The van der Waals surface area contributed by atoms with Crippen LogP contribution in [0.25, 0.3) is 10.9 Å². The minimum absolute atomic E-state index is 0.0150. The third-order valence-electron chi connectivity index (χ3n) is 6.62. The van der Waals surface area contributed by atoms with Crippen LogP contribution in [-0.4, -0.2) is 63.8 Å². The van der Waals surface area contributed by atoms with E-state index in [1.165, 1.54) is 46.0 Å². The molecule has 2 aliphatic heterocycles. The summed E-state index contributed by atoms with van der Waals surface area (Å²) in [7, 11) is 0. The van der Waals surface area contributed by atoms with E-state index in [9.17, 15) is 9.59 Å². The molecule has 4 heterocycles. The third-order valence-corrected chi connectivity index (χ3v) is 9.36. The van der Waals surface area contributed by atoms with E-state index in [2.05, 4.69) is 38.2 Å². The molecule has 174 valence electrons. The number of para-hydroxylation sites is 1. The Hall–Kier alpha value is -2.01. The number of aromatic nitrogens is 2. The minimum atomic E-state index is -0.904. The number of nitrogens with zero attached hydrogens (tertiary/aromatic N) is 2. The van der Waals surface area contributed by atoms with Crippen molar-refractivity contribution >= 4 is 57.8 Å². The number of thioether (sulfide) groups is 2. The summed E-state index contributed by atoms with van der Waals surface area (Å²) in [6, 6.07) is 8.30. The Morgan fingerprint density at radius 1 is 1.18 bits per heavy atom. The Bertz CT molecular complexity index is 1180. The molecule has 0 spiro atoms. The van der Waals surface area contributed by atoms with Gasteiger partial charge in [-0.05, 0) is 68.0 Å². The number of nitrogens with one attached hydrogen (secondary N) is 3. The first-order valence-corrected chi connectivity index (χ1v) is 14.3. The topological polar surface area (TPSA) is 90.1 Å². The summed E-state index contributed by atoms with van der Waals surface area (Å²) in [6.45, 7) is 2.60. The Kier molecular flexibility index (Phi) is 6.43. The second-order valence-electron chi connectivity index (χ2n) is 8.45. The van der Waals surface area contributed by atoms with Gasteiger partial charge in [-0.3, -0.25) is 9.59 Å². The number of benzene rings is 1. The first-order valence-electron chi connectivity index (χ1n) is 11.0. The average Bonchev–Trinajstić information content (AvgIpc) is 3.44. The number of piperidine rings is 1. The predicted octanol–water partition coefficient (Wildman–Crippen LogP) is 3.51. The van der Waals surface area contributed by atoms with Crippen LogP contribution in [0.5, 0.6) is 0 Å². The highest BCUT2D eigenvalue weighted by molar-refractivity contribution is 8.01. The largest absolute Gasteiger partial charge is 0.357 e. The summed E-state index contributed by atoms with van der Waals surface area (Å²) in [5.74, 6) is -0.183. The van der Waals surface area contributed by atoms with Crippen LogP contribution in [0.2, 0.25) is 0 Å². The highest BCUT2D eigenvalue weighted by atomic mass is 32.2. The highest BCUT2D eigenvalue weighted by Crippen LogP contribution is 2.34. The summed E-state index contributed by atoms with van der Waals surface area (Å²) in [5.41, 5.74) is 3.21. The van der Waals surface area contributed by atoms with Crippen LogP contribution in [0.15, 0.2) is 33.5 Å². The maximum Gasteiger partial charge on any atom is 0.256 e. The van der Waals surface area contributed by atoms with Crippen molar-refractivity contribution in [3.8, 4) is 0 Å². The number of carbonyl (C=O) groups excluding carboxylic acids is 2. The van der Waals surface area contributed by atoms with Gasteiger partial charge in [0.15, 0.2) is 0 Å². The molecule has 7 nitrogen and oxygen atoms in total. The standard InChI is InChI=1S/C23H27N5O2S3/c1-31-20-18(21(32-2)33-27-20)19(29)26-23(8-10-24-11-9-23)22(30)28-12-7-15-14-5-3-4-6-16(14)25-17(15)13-28/h3-6,24-25H,7-13H2,1-2H3,(H,26,29). The van der Waals surface area contributed by atoms with Gasteiger partial charge in [0, 0.05) is 23.1 Å². The Morgan fingerprint density at radius 3 is 2.73 bits per heavy atom. The SMILES string of the molecule is CSc1nsc(SC)c1C(=O)NC1(C(=O)N2CCc3c([nH]c4ccccc34)C2)CCNCC1. The van der Waals surface area contributed by atoms with Crippen molar-refractivity contribution in [3.05, 3.63) is 41.1 Å². The number of aromatic amines is 1. The van der Waals surface area contributed by atoms with E-state index in [1.807, 2.05) is 23.5 Å². The van der Waals surface area contributed by atoms with Crippen LogP contribution >= 0.6 is 35.1 Å². The Morgan fingerprint density at radius 2 is 1.97 bits per heavy atom. The fourth-order valence-electron chi connectivity index (χ4n) is 4.92. The van der Waals surface area contributed by atoms with E-state index in [0.29, 0.717) is 44.6 Å². The van der Waals surface area contributed by atoms with E-state index in [-0.39, 0.29) is 11.8 Å². The molecule has 2 aromatic heterocycles. The van der Waals surface area contributed by atoms with E-state index >= 15 is 0 Å². The smallest absolute Gasteiger partial charge is 0.256 e. The van der Waals surface area contributed by atoms with Crippen molar-refractivity contribution in [2.24, 2.45) is 0 Å². The zero-order chi connectivity index (χ0) is 23.0. The number of H-pyrrole nitrogens is 1. The van der Waals surface area contributed by atoms with Crippen LogP contribution in [0.3, 0.4) is 0 Å². The molecule has 3 N–H and O–H groups in total. The van der Waals surface area contributed by atoms with Gasteiger partial charge in [-0.25, -0.2) is 0 Å². The molecule has 3 aromatic rings. The number of hydrogen-bond donors (Lipinski definition) is 3. The quantitative estimate of drug-likeness (QED) is 0.464. The molecule has 2 amide bonds.